The molecule has 2 rings (SSSR count). The predicted molar refractivity (Wildman–Crippen MR) is 79.8 cm³/mol. The molecule has 0 N–H and O–H groups in total. The average Bonchev–Trinajstić information content (AvgIpc) is 2.46. The van der Waals surface area contributed by atoms with Gasteiger partial charge in [0.15, 0.2) is 0 Å². The van der Waals surface area contributed by atoms with Crippen LogP contribution in [0.2, 0.25) is 0 Å². The van der Waals surface area contributed by atoms with Gasteiger partial charge in [-0.15, -0.1) is 11.8 Å². The molecule has 0 amide bonds. The minimum absolute atomic E-state index is 0.869. The second-order valence-electron chi connectivity index (χ2n) is 3.93. The van der Waals surface area contributed by atoms with Crippen LogP contribution in [0.4, 0.5) is 0 Å². The van der Waals surface area contributed by atoms with Crippen LogP contribution in [0.15, 0.2) is 61.2 Å². The number of hydrogen-bond acceptors (Lipinski definition) is 2. The summed E-state index contributed by atoms with van der Waals surface area (Å²) in [5, 5.41) is 0. The number of methoxy groups -OCH3 is 1. The van der Waals surface area contributed by atoms with E-state index in [1.54, 1.807) is 18.9 Å². The first kappa shape index (κ1) is 12.8. The fraction of sp³-hybridized carbons (Fsp3) is 0.125. The van der Waals surface area contributed by atoms with Crippen molar-refractivity contribution < 1.29 is 4.74 Å². The smallest absolute Gasteiger partial charge is 0.119 e. The Morgan fingerprint density at radius 3 is 2.61 bits per heavy atom. The van der Waals surface area contributed by atoms with Gasteiger partial charge in [0.1, 0.15) is 5.75 Å². The molecule has 2 heteroatoms. The van der Waals surface area contributed by atoms with Crippen molar-refractivity contribution in [2.45, 2.75) is 5.75 Å². The molecular weight excluding hydrogens is 240 g/mol. The summed E-state index contributed by atoms with van der Waals surface area (Å²) in [6.07, 6.45) is 0. The molecule has 2 aromatic rings. The summed E-state index contributed by atoms with van der Waals surface area (Å²) in [6, 6.07) is 18.4. The second kappa shape index (κ2) is 6.31. The molecule has 0 saturated heterocycles. The standard InChI is InChI=1S/C16H16OS/c1-13(15-9-6-10-16(11-15)17-2)18-12-14-7-4-3-5-8-14/h3-11H,1,12H2,2H3. The van der Waals surface area contributed by atoms with E-state index in [4.69, 9.17) is 4.74 Å². The number of rotatable bonds is 5. The lowest BCUT2D eigenvalue weighted by Gasteiger charge is -2.07. The maximum absolute atomic E-state index is 5.22. The Bertz CT molecular complexity index is 520. The summed E-state index contributed by atoms with van der Waals surface area (Å²) in [5.41, 5.74) is 2.43. The average molecular weight is 256 g/mol. The molecule has 92 valence electrons. The molecule has 0 atom stereocenters. The van der Waals surface area contributed by atoms with E-state index in [-0.39, 0.29) is 0 Å². The van der Waals surface area contributed by atoms with Crippen LogP contribution in [0.1, 0.15) is 11.1 Å². The minimum atomic E-state index is 0.869. The van der Waals surface area contributed by atoms with Crippen LogP contribution < -0.4 is 4.74 Å². The van der Waals surface area contributed by atoms with Crippen LogP contribution >= 0.6 is 11.8 Å². The normalized spacial score (nSPS) is 10.1. The van der Waals surface area contributed by atoms with Crippen molar-refractivity contribution >= 4 is 16.7 Å². The molecule has 0 unspecified atom stereocenters. The van der Waals surface area contributed by atoms with Crippen LogP contribution in [0.3, 0.4) is 0 Å². The topological polar surface area (TPSA) is 9.23 Å². The molecule has 0 heterocycles. The van der Waals surface area contributed by atoms with E-state index in [9.17, 15) is 0 Å². The highest BCUT2D eigenvalue weighted by atomic mass is 32.2. The number of benzene rings is 2. The summed E-state index contributed by atoms with van der Waals surface area (Å²) in [5.74, 6) is 1.81. The molecule has 0 aliphatic carbocycles. The lowest BCUT2D eigenvalue weighted by Crippen LogP contribution is -1.85. The quantitative estimate of drug-likeness (QED) is 0.773. The van der Waals surface area contributed by atoms with Gasteiger partial charge in [0.2, 0.25) is 0 Å². The van der Waals surface area contributed by atoms with E-state index in [0.717, 1.165) is 22.0 Å². The first-order valence-electron chi connectivity index (χ1n) is 5.79. The van der Waals surface area contributed by atoms with Gasteiger partial charge < -0.3 is 4.74 Å². The third kappa shape index (κ3) is 3.41. The maximum atomic E-state index is 5.22. The summed E-state index contributed by atoms with van der Waals surface area (Å²) >= 11 is 1.75. The van der Waals surface area contributed by atoms with Gasteiger partial charge in [-0.2, -0.15) is 0 Å². The van der Waals surface area contributed by atoms with Gasteiger partial charge in [-0.3, -0.25) is 0 Å². The van der Waals surface area contributed by atoms with Crippen molar-refractivity contribution in [1.82, 2.24) is 0 Å². The summed E-state index contributed by atoms with van der Waals surface area (Å²) in [4.78, 5) is 1.07. The highest BCUT2D eigenvalue weighted by molar-refractivity contribution is 8.07. The highest BCUT2D eigenvalue weighted by Crippen LogP contribution is 2.30. The Morgan fingerprint density at radius 2 is 1.89 bits per heavy atom. The zero-order chi connectivity index (χ0) is 12.8. The van der Waals surface area contributed by atoms with Crippen LogP contribution in [0, 0.1) is 0 Å². The maximum Gasteiger partial charge on any atom is 0.119 e. The fourth-order valence-electron chi connectivity index (χ4n) is 1.62. The van der Waals surface area contributed by atoms with Crippen molar-refractivity contribution in [3.63, 3.8) is 0 Å². The van der Waals surface area contributed by atoms with E-state index in [0.29, 0.717) is 0 Å². The van der Waals surface area contributed by atoms with E-state index in [1.807, 2.05) is 24.3 Å². The van der Waals surface area contributed by atoms with Crippen LogP contribution in [-0.2, 0) is 5.75 Å². The number of ether oxygens (including phenoxy) is 1. The third-order valence-electron chi connectivity index (χ3n) is 2.65. The van der Waals surface area contributed by atoms with Crippen LogP contribution in [0.25, 0.3) is 4.91 Å². The molecule has 1 nitrogen and oxygen atoms in total. The summed E-state index contributed by atoms with van der Waals surface area (Å²) in [6.45, 7) is 4.12. The SMILES string of the molecule is C=C(SCc1ccccc1)c1cccc(OC)c1. The van der Waals surface area contributed by atoms with Gasteiger partial charge >= 0.3 is 0 Å². The molecule has 18 heavy (non-hydrogen) atoms. The zero-order valence-electron chi connectivity index (χ0n) is 10.4. The molecule has 0 aliphatic rings. The molecule has 2 aromatic carbocycles. The molecule has 0 aliphatic heterocycles. The van der Waals surface area contributed by atoms with Crippen molar-refractivity contribution in [2.75, 3.05) is 7.11 Å². The van der Waals surface area contributed by atoms with Crippen molar-refractivity contribution in [3.05, 3.63) is 72.3 Å². The predicted octanol–water partition coefficient (Wildman–Crippen LogP) is 4.60. The first-order chi connectivity index (χ1) is 8.79. The lowest BCUT2D eigenvalue weighted by molar-refractivity contribution is 0.414. The van der Waals surface area contributed by atoms with E-state index in [1.165, 1.54) is 5.56 Å². The molecule has 0 spiro atoms. The summed E-state index contributed by atoms with van der Waals surface area (Å²) in [7, 11) is 1.68. The van der Waals surface area contributed by atoms with Gasteiger partial charge in [-0.1, -0.05) is 49.0 Å². The monoisotopic (exact) mass is 256 g/mol. The van der Waals surface area contributed by atoms with Gasteiger partial charge in [0.05, 0.1) is 7.11 Å². The fourth-order valence-corrected chi connectivity index (χ4v) is 2.45. The molecule has 0 radical (unpaired) electrons. The van der Waals surface area contributed by atoms with Gasteiger partial charge in [-0.25, -0.2) is 0 Å². The Hall–Kier alpha value is -1.67. The zero-order valence-corrected chi connectivity index (χ0v) is 11.2. The highest BCUT2D eigenvalue weighted by Gasteiger charge is 2.02. The number of thioether (sulfide) groups is 1. The van der Waals surface area contributed by atoms with Crippen molar-refractivity contribution in [2.24, 2.45) is 0 Å². The molecule has 0 fully saturated rings. The Labute approximate surface area is 112 Å². The van der Waals surface area contributed by atoms with Gasteiger partial charge in [0, 0.05) is 10.7 Å². The van der Waals surface area contributed by atoms with E-state index in [2.05, 4.69) is 36.9 Å². The Kier molecular flexibility index (Phi) is 4.48. The van der Waals surface area contributed by atoms with Gasteiger partial charge in [-0.05, 0) is 23.3 Å². The third-order valence-corrected chi connectivity index (χ3v) is 3.71. The Morgan fingerprint density at radius 1 is 1.11 bits per heavy atom. The number of hydrogen-bond donors (Lipinski definition) is 0. The molecule has 0 saturated carbocycles. The Balaban J connectivity index is 1.99. The van der Waals surface area contributed by atoms with Gasteiger partial charge in [0.25, 0.3) is 0 Å². The van der Waals surface area contributed by atoms with E-state index >= 15 is 0 Å². The lowest BCUT2D eigenvalue weighted by atomic mass is 10.2. The molecule has 0 aromatic heterocycles. The van der Waals surface area contributed by atoms with E-state index < -0.39 is 0 Å². The minimum Gasteiger partial charge on any atom is -0.497 e. The van der Waals surface area contributed by atoms with Crippen LogP contribution in [0.5, 0.6) is 5.75 Å². The summed E-state index contributed by atoms with van der Waals surface area (Å²) < 4.78 is 5.22. The molecule has 0 bridgehead atoms. The van der Waals surface area contributed by atoms with Crippen molar-refractivity contribution in [1.29, 1.82) is 0 Å². The first-order valence-corrected chi connectivity index (χ1v) is 6.78. The molecular formula is C16H16OS. The second-order valence-corrected chi connectivity index (χ2v) is 5.00. The van der Waals surface area contributed by atoms with Crippen molar-refractivity contribution in [3.8, 4) is 5.75 Å². The van der Waals surface area contributed by atoms with Crippen LogP contribution in [-0.4, -0.2) is 7.11 Å². The largest absolute Gasteiger partial charge is 0.497 e.